The fourth-order valence-electron chi connectivity index (χ4n) is 3.05. The molecule has 0 atom stereocenters. The lowest BCUT2D eigenvalue weighted by atomic mass is 10.1. The third-order valence-corrected chi connectivity index (χ3v) is 6.44. The van der Waals surface area contributed by atoms with Gasteiger partial charge in [-0.2, -0.15) is 9.41 Å². The Bertz CT molecular complexity index is 955. The van der Waals surface area contributed by atoms with Crippen molar-refractivity contribution in [3.8, 4) is 0 Å². The minimum absolute atomic E-state index is 0.0697. The van der Waals surface area contributed by atoms with Gasteiger partial charge in [0.05, 0.1) is 9.82 Å². The topological polar surface area (TPSA) is 105 Å². The molecule has 2 aromatic carbocycles. The van der Waals surface area contributed by atoms with Crippen LogP contribution in [0.25, 0.3) is 0 Å². The summed E-state index contributed by atoms with van der Waals surface area (Å²) >= 11 is 0. The van der Waals surface area contributed by atoms with Crippen LogP contribution >= 0.6 is 0 Å². The molecule has 1 fully saturated rings. The van der Waals surface area contributed by atoms with Crippen molar-refractivity contribution >= 4 is 27.6 Å². The van der Waals surface area contributed by atoms with Gasteiger partial charge in [-0.25, -0.2) is 8.42 Å². The van der Waals surface area contributed by atoms with Gasteiger partial charge in [0.1, 0.15) is 5.69 Å². The Morgan fingerprint density at radius 2 is 1.86 bits per heavy atom. The van der Waals surface area contributed by atoms with Gasteiger partial charge in [0.25, 0.3) is 5.69 Å². The molecular weight excluding hydrogens is 380 g/mol. The summed E-state index contributed by atoms with van der Waals surface area (Å²) in [5.41, 5.74) is 3.66. The Balaban J connectivity index is 1.69. The summed E-state index contributed by atoms with van der Waals surface area (Å²) in [7, 11) is -3.71. The van der Waals surface area contributed by atoms with E-state index in [1.807, 2.05) is 30.3 Å². The van der Waals surface area contributed by atoms with Gasteiger partial charge in [-0.05, 0) is 43.4 Å². The molecule has 8 nitrogen and oxygen atoms in total. The number of nitrogens with zero attached hydrogens (tertiary/aromatic N) is 3. The van der Waals surface area contributed by atoms with Crippen molar-refractivity contribution in [2.75, 3.05) is 18.5 Å². The highest BCUT2D eigenvalue weighted by Gasteiger charge is 2.29. The molecule has 1 aliphatic rings. The molecule has 28 heavy (non-hydrogen) atoms. The number of benzene rings is 2. The number of anilines is 1. The lowest BCUT2D eigenvalue weighted by Gasteiger charge is -2.15. The number of nitrogens with one attached hydrogen (secondary N) is 1. The fraction of sp³-hybridized carbons (Fsp3) is 0.316. The zero-order valence-corrected chi connectivity index (χ0v) is 16.1. The number of nitro benzene ring substituents is 1. The SMILES string of the molecule is O=[N+]([O-])c1cc(S(=O)(=O)N2CCCC2)ccc1N/N=C\CCc1ccccc1. The summed E-state index contributed by atoms with van der Waals surface area (Å²) in [5.74, 6) is 0. The molecule has 2 aromatic rings. The molecule has 1 heterocycles. The molecule has 0 saturated carbocycles. The van der Waals surface area contributed by atoms with Crippen molar-refractivity contribution < 1.29 is 13.3 Å². The van der Waals surface area contributed by atoms with Gasteiger partial charge < -0.3 is 0 Å². The fourth-order valence-corrected chi connectivity index (χ4v) is 4.59. The van der Waals surface area contributed by atoms with Crippen LogP contribution in [-0.4, -0.2) is 37.0 Å². The third-order valence-electron chi connectivity index (χ3n) is 4.55. The van der Waals surface area contributed by atoms with Crippen LogP contribution in [0.2, 0.25) is 0 Å². The van der Waals surface area contributed by atoms with Crippen LogP contribution in [-0.2, 0) is 16.4 Å². The summed E-state index contributed by atoms with van der Waals surface area (Å²) in [6, 6.07) is 13.8. The van der Waals surface area contributed by atoms with Crippen LogP contribution < -0.4 is 5.43 Å². The van der Waals surface area contributed by atoms with E-state index in [4.69, 9.17) is 0 Å². The normalized spacial score (nSPS) is 15.1. The minimum atomic E-state index is -3.71. The summed E-state index contributed by atoms with van der Waals surface area (Å²) in [4.78, 5) is 10.7. The second-order valence-corrected chi connectivity index (χ2v) is 8.43. The number of nitro groups is 1. The first-order valence-corrected chi connectivity index (χ1v) is 10.5. The quantitative estimate of drug-likeness (QED) is 0.414. The maximum absolute atomic E-state index is 12.6. The van der Waals surface area contributed by atoms with Gasteiger partial charge in [-0.15, -0.1) is 0 Å². The molecule has 1 N–H and O–H groups in total. The standard InChI is InChI=1S/C19H22N4O4S/c24-23(25)19-15-17(28(26,27)22-13-4-5-14-22)10-11-18(19)21-20-12-6-9-16-7-2-1-3-8-16/h1-3,7-8,10-12,15,21H,4-6,9,13-14H2/b20-12-. The van der Waals surface area contributed by atoms with Gasteiger partial charge in [0, 0.05) is 25.4 Å². The molecule has 0 aromatic heterocycles. The first-order chi connectivity index (χ1) is 13.5. The highest BCUT2D eigenvalue weighted by molar-refractivity contribution is 7.89. The van der Waals surface area contributed by atoms with Crippen LogP contribution in [0, 0.1) is 10.1 Å². The monoisotopic (exact) mass is 402 g/mol. The predicted molar refractivity (Wildman–Crippen MR) is 108 cm³/mol. The molecule has 0 spiro atoms. The lowest BCUT2D eigenvalue weighted by molar-refractivity contribution is -0.384. The molecule has 0 unspecified atom stereocenters. The number of aryl methyl sites for hydroxylation is 1. The number of hydrogen-bond acceptors (Lipinski definition) is 6. The molecule has 3 rings (SSSR count). The highest BCUT2D eigenvalue weighted by atomic mass is 32.2. The zero-order valence-electron chi connectivity index (χ0n) is 15.3. The van der Waals surface area contributed by atoms with E-state index in [9.17, 15) is 18.5 Å². The number of hydrogen-bond donors (Lipinski definition) is 1. The van der Waals surface area contributed by atoms with E-state index in [1.165, 1.54) is 22.0 Å². The van der Waals surface area contributed by atoms with Crippen molar-refractivity contribution in [1.82, 2.24) is 4.31 Å². The summed E-state index contributed by atoms with van der Waals surface area (Å²) < 4.78 is 26.6. The average Bonchev–Trinajstić information content (AvgIpc) is 3.24. The van der Waals surface area contributed by atoms with E-state index < -0.39 is 14.9 Å². The molecular formula is C19H22N4O4S. The van der Waals surface area contributed by atoms with Crippen LogP contribution in [0.3, 0.4) is 0 Å². The van der Waals surface area contributed by atoms with Crippen molar-refractivity contribution in [3.63, 3.8) is 0 Å². The maximum Gasteiger partial charge on any atom is 0.295 e. The lowest BCUT2D eigenvalue weighted by Crippen LogP contribution is -2.27. The van der Waals surface area contributed by atoms with Gasteiger partial charge in [0.2, 0.25) is 10.0 Å². The van der Waals surface area contributed by atoms with Crippen LogP contribution in [0.15, 0.2) is 58.5 Å². The maximum atomic E-state index is 12.6. The summed E-state index contributed by atoms with van der Waals surface area (Å²) in [5, 5.41) is 15.4. The van der Waals surface area contributed by atoms with Crippen molar-refractivity contribution in [1.29, 1.82) is 0 Å². The van der Waals surface area contributed by atoms with Crippen molar-refractivity contribution in [3.05, 3.63) is 64.2 Å². The van der Waals surface area contributed by atoms with E-state index in [2.05, 4.69) is 10.5 Å². The van der Waals surface area contributed by atoms with Crippen molar-refractivity contribution in [2.45, 2.75) is 30.6 Å². The Morgan fingerprint density at radius 1 is 1.14 bits per heavy atom. The molecule has 0 aliphatic carbocycles. The zero-order chi connectivity index (χ0) is 20.0. The van der Waals surface area contributed by atoms with Crippen LogP contribution in [0.4, 0.5) is 11.4 Å². The first-order valence-electron chi connectivity index (χ1n) is 9.08. The van der Waals surface area contributed by atoms with Crippen molar-refractivity contribution in [2.24, 2.45) is 5.10 Å². The highest BCUT2D eigenvalue weighted by Crippen LogP contribution is 2.30. The van der Waals surface area contributed by atoms with E-state index in [0.29, 0.717) is 19.5 Å². The number of hydrazone groups is 1. The Hall–Kier alpha value is -2.78. The van der Waals surface area contributed by atoms with Crippen LogP contribution in [0.5, 0.6) is 0 Å². The average molecular weight is 402 g/mol. The molecule has 1 aliphatic heterocycles. The Morgan fingerprint density at radius 3 is 2.54 bits per heavy atom. The molecule has 0 radical (unpaired) electrons. The van der Waals surface area contributed by atoms with Crippen LogP contribution in [0.1, 0.15) is 24.8 Å². The first kappa shape index (κ1) is 20.0. The second kappa shape index (κ2) is 8.94. The Labute approximate surface area is 164 Å². The van der Waals surface area contributed by atoms with E-state index in [-0.39, 0.29) is 16.3 Å². The van der Waals surface area contributed by atoms with Gasteiger partial charge in [-0.1, -0.05) is 30.3 Å². The number of sulfonamides is 1. The van der Waals surface area contributed by atoms with E-state index in [0.717, 1.165) is 25.3 Å². The van der Waals surface area contributed by atoms with E-state index in [1.54, 1.807) is 6.21 Å². The summed E-state index contributed by atoms with van der Waals surface area (Å²) in [6.45, 7) is 0.893. The molecule has 0 bridgehead atoms. The van der Waals surface area contributed by atoms with Gasteiger partial charge >= 0.3 is 0 Å². The summed E-state index contributed by atoms with van der Waals surface area (Å²) in [6.07, 6.45) is 4.73. The Kier molecular flexibility index (Phi) is 6.37. The van der Waals surface area contributed by atoms with Gasteiger partial charge in [-0.3, -0.25) is 15.5 Å². The second-order valence-electron chi connectivity index (χ2n) is 6.50. The van der Waals surface area contributed by atoms with E-state index >= 15 is 0 Å². The molecule has 0 amide bonds. The molecule has 148 valence electrons. The minimum Gasteiger partial charge on any atom is -0.272 e. The number of rotatable bonds is 8. The third kappa shape index (κ3) is 4.73. The largest absolute Gasteiger partial charge is 0.295 e. The molecule has 9 heteroatoms. The smallest absolute Gasteiger partial charge is 0.272 e. The predicted octanol–water partition coefficient (Wildman–Crippen LogP) is 3.41. The molecule has 1 saturated heterocycles. The van der Waals surface area contributed by atoms with Gasteiger partial charge in [0.15, 0.2) is 0 Å².